The van der Waals surface area contributed by atoms with Gasteiger partial charge in [0.1, 0.15) is 0 Å². The molecule has 0 bridgehead atoms. The second kappa shape index (κ2) is 6.90. The molecule has 1 N–H and O–H groups in total. The quantitative estimate of drug-likeness (QED) is 0.778. The summed E-state index contributed by atoms with van der Waals surface area (Å²) in [5.74, 6) is 0.633. The van der Waals surface area contributed by atoms with Gasteiger partial charge < -0.3 is 9.80 Å². The molecule has 0 saturated carbocycles. The predicted molar refractivity (Wildman–Crippen MR) is 84.5 cm³/mol. The Labute approximate surface area is 124 Å². The normalized spacial score (nSPS) is 24.2. The van der Waals surface area contributed by atoms with Gasteiger partial charge in [-0.2, -0.15) is 0 Å². The molecule has 118 valence electrons. The van der Waals surface area contributed by atoms with E-state index in [4.69, 9.17) is 0 Å². The number of carbonyl (C=O) groups is 1. The summed E-state index contributed by atoms with van der Waals surface area (Å²) in [7, 11) is 4.18. The highest BCUT2D eigenvalue weighted by molar-refractivity contribution is 5.84. The van der Waals surface area contributed by atoms with Crippen LogP contribution in [0.5, 0.6) is 0 Å². The van der Waals surface area contributed by atoms with Crippen molar-refractivity contribution in [3.8, 4) is 0 Å². The van der Waals surface area contributed by atoms with Gasteiger partial charge in [-0.15, -0.1) is 0 Å². The summed E-state index contributed by atoms with van der Waals surface area (Å²) in [5.41, 5.74) is 0.110. The molecule has 1 aliphatic rings. The molecule has 2 atom stereocenters. The van der Waals surface area contributed by atoms with Crippen molar-refractivity contribution in [1.29, 1.82) is 0 Å². The Bertz CT molecular complexity index is 326. The maximum atomic E-state index is 12.6. The van der Waals surface area contributed by atoms with Gasteiger partial charge in [0.2, 0.25) is 5.91 Å². The average molecular weight is 283 g/mol. The molecular weight excluding hydrogens is 250 g/mol. The van der Waals surface area contributed by atoms with Crippen molar-refractivity contribution in [3.63, 3.8) is 0 Å². The molecular formula is C16H33N3O. The SMILES string of the molecule is CCCC1NC(C(C)C)C(=O)N1CC(C)(C)CN(C)C. The second-order valence-corrected chi connectivity index (χ2v) is 7.56. The zero-order valence-corrected chi connectivity index (χ0v) is 14.4. The Hall–Kier alpha value is -0.610. The number of hydrogen-bond acceptors (Lipinski definition) is 3. The number of amides is 1. The highest BCUT2D eigenvalue weighted by atomic mass is 16.2. The number of hydrogen-bond donors (Lipinski definition) is 1. The third-order valence-electron chi connectivity index (χ3n) is 3.87. The average Bonchev–Trinajstić information content (AvgIpc) is 2.56. The summed E-state index contributed by atoms with van der Waals surface area (Å²) in [6.45, 7) is 12.7. The molecule has 1 amide bonds. The van der Waals surface area contributed by atoms with E-state index in [1.807, 2.05) is 0 Å². The maximum absolute atomic E-state index is 12.6. The molecule has 1 heterocycles. The molecule has 0 aromatic heterocycles. The fourth-order valence-electron chi connectivity index (χ4n) is 3.25. The fraction of sp³-hybridized carbons (Fsp3) is 0.938. The van der Waals surface area contributed by atoms with E-state index in [0.29, 0.717) is 5.92 Å². The van der Waals surface area contributed by atoms with Crippen molar-refractivity contribution >= 4 is 5.91 Å². The lowest BCUT2D eigenvalue weighted by molar-refractivity contribution is -0.132. The van der Waals surface area contributed by atoms with Crippen LogP contribution in [0.2, 0.25) is 0 Å². The highest BCUT2D eigenvalue weighted by Crippen LogP contribution is 2.26. The zero-order chi connectivity index (χ0) is 15.5. The third kappa shape index (κ3) is 4.45. The van der Waals surface area contributed by atoms with Gasteiger partial charge >= 0.3 is 0 Å². The molecule has 1 saturated heterocycles. The van der Waals surface area contributed by atoms with E-state index in [-0.39, 0.29) is 23.5 Å². The summed E-state index contributed by atoms with van der Waals surface area (Å²) in [4.78, 5) is 16.9. The van der Waals surface area contributed by atoms with E-state index >= 15 is 0 Å². The molecule has 4 nitrogen and oxygen atoms in total. The van der Waals surface area contributed by atoms with Crippen LogP contribution in [-0.2, 0) is 4.79 Å². The van der Waals surface area contributed by atoms with Gasteiger partial charge in [-0.1, -0.05) is 41.0 Å². The highest BCUT2D eigenvalue weighted by Gasteiger charge is 2.41. The van der Waals surface area contributed by atoms with Crippen LogP contribution in [0, 0.1) is 11.3 Å². The van der Waals surface area contributed by atoms with Crippen molar-refractivity contribution in [1.82, 2.24) is 15.1 Å². The number of nitrogens with one attached hydrogen (secondary N) is 1. The Kier molecular flexibility index (Phi) is 6.02. The van der Waals surface area contributed by atoms with Gasteiger partial charge in [-0.05, 0) is 31.8 Å². The van der Waals surface area contributed by atoms with Crippen molar-refractivity contribution < 1.29 is 4.79 Å². The van der Waals surface area contributed by atoms with Crippen LogP contribution >= 0.6 is 0 Å². The van der Waals surface area contributed by atoms with Gasteiger partial charge in [-0.25, -0.2) is 0 Å². The molecule has 1 fully saturated rings. The maximum Gasteiger partial charge on any atom is 0.241 e. The van der Waals surface area contributed by atoms with Crippen molar-refractivity contribution in [2.45, 2.75) is 59.7 Å². The zero-order valence-electron chi connectivity index (χ0n) is 14.4. The molecule has 0 aromatic rings. The van der Waals surface area contributed by atoms with Crippen LogP contribution in [-0.4, -0.2) is 55.1 Å². The van der Waals surface area contributed by atoms with Crippen LogP contribution in [0.4, 0.5) is 0 Å². The van der Waals surface area contributed by atoms with Crippen molar-refractivity contribution in [2.24, 2.45) is 11.3 Å². The Morgan fingerprint density at radius 3 is 2.40 bits per heavy atom. The number of nitrogens with zero attached hydrogens (tertiary/aromatic N) is 2. The molecule has 0 radical (unpaired) electrons. The Balaban J connectivity index is 2.80. The van der Waals surface area contributed by atoms with Crippen LogP contribution in [0.15, 0.2) is 0 Å². The first-order chi connectivity index (χ1) is 9.18. The summed E-state index contributed by atoms with van der Waals surface area (Å²) in [6, 6.07) is -0.0123. The van der Waals surface area contributed by atoms with Crippen molar-refractivity contribution in [2.75, 3.05) is 27.2 Å². The molecule has 20 heavy (non-hydrogen) atoms. The van der Waals surface area contributed by atoms with Gasteiger partial charge in [0.05, 0.1) is 12.2 Å². The summed E-state index contributed by atoms with van der Waals surface area (Å²) in [6.07, 6.45) is 2.34. The summed E-state index contributed by atoms with van der Waals surface area (Å²) in [5, 5.41) is 3.53. The largest absolute Gasteiger partial charge is 0.325 e. The lowest BCUT2D eigenvalue weighted by Gasteiger charge is -2.35. The number of carbonyl (C=O) groups excluding carboxylic acids is 1. The minimum absolute atomic E-state index is 0.0123. The Morgan fingerprint density at radius 1 is 1.35 bits per heavy atom. The first-order valence-corrected chi connectivity index (χ1v) is 7.89. The third-order valence-corrected chi connectivity index (χ3v) is 3.87. The standard InChI is InChI=1S/C16H33N3O/c1-8-9-13-17-14(12(2)3)15(20)19(13)11-16(4,5)10-18(6)7/h12-14,17H,8-11H2,1-7H3. The van der Waals surface area contributed by atoms with Gasteiger partial charge in [-0.3, -0.25) is 10.1 Å². The first kappa shape index (κ1) is 17.4. The van der Waals surface area contributed by atoms with Gasteiger partial charge in [0.15, 0.2) is 0 Å². The number of rotatable bonds is 7. The molecule has 0 aliphatic carbocycles. The molecule has 1 rings (SSSR count). The van der Waals surface area contributed by atoms with Gasteiger partial charge in [0, 0.05) is 13.1 Å². The molecule has 1 aliphatic heterocycles. The minimum atomic E-state index is -0.0123. The fourth-order valence-corrected chi connectivity index (χ4v) is 3.25. The summed E-state index contributed by atoms with van der Waals surface area (Å²) < 4.78 is 0. The van der Waals surface area contributed by atoms with Crippen LogP contribution in [0.25, 0.3) is 0 Å². The lowest BCUT2D eigenvalue weighted by atomic mass is 9.91. The monoisotopic (exact) mass is 283 g/mol. The van der Waals surface area contributed by atoms with Crippen molar-refractivity contribution in [3.05, 3.63) is 0 Å². The van der Waals surface area contributed by atoms with Crippen LogP contribution in [0.1, 0.15) is 47.5 Å². The Morgan fingerprint density at radius 2 is 1.95 bits per heavy atom. The molecule has 2 unspecified atom stereocenters. The van der Waals surface area contributed by atoms with E-state index in [1.54, 1.807) is 0 Å². The van der Waals surface area contributed by atoms with E-state index in [2.05, 4.69) is 63.8 Å². The van der Waals surface area contributed by atoms with Crippen LogP contribution in [0.3, 0.4) is 0 Å². The van der Waals surface area contributed by atoms with E-state index in [1.165, 1.54) is 0 Å². The predicted octanol–water partition coefficient (Wildman–Crippen LogP) is 2.16. The molecule has 4 heteroatoms. The van der Waals surface area contributed by atoms with E-state index in [9.17, 15) is 4.79 Å². The lowest BCUT2D eigenvalue weighted by Crippen LogP contribution is -2.46. The topological polar surface area (TPSA) is 35.6 Å². The molecule has 0 spiro atoms. The second-order valence-electron chi connectivity index (χ2n) is 7.56. The summed E-state index contributed by atoms with van der Waals surface area (Å²) >= 11 is 0. The van der Waals surface area contributed by atoms with Crippen LogP contribution < -0.4 is 5.32 Å². The first-order valence-electron chi connectivity index (χ1n) is 7.89. The minimum Gasteiger partial charge on any atom is -0.325 e. The molecule has 0 aromatic carbocycles. The van der Waals surface area contributed by atoms with Gasteiger partial charge in [0.25, 0.3) is 0 Å². The van der Waals surface area contributed by atoms with E-state index < -0.39 is 0 Å². The van der Waals surface area contributed by atoms with E-state index in [0.717, 1.165) is 25.9 Å². The smallest absolute Gasteiger partial charge is 0.241 e.